The number of hydrogen-bond donors (Lipinski definition) is 0. The van der Waals surface area contributed by atoms with E-state index in [0.717, 1.165) is 37.7 Å². The van der Waals surface area contributed by atoms with Gasteiger partial charge in [-0.2, -0.15) is 0 Å². The summed E-state index contributed by atoms with van der Waals surface area (Å²) in [5, 5.41) is 0. The van der Waals surface area contributed by atoms with Crippen LogP contribution in [0.25, 0.3) is 0 Å². The second-order valence-electron chi connectivity index (χ2n) is 5.56. The molecule has 0 amide bonds. The summed E-state index contributed by atoms with van der Waals surface area (Å²) >= 11 is 0. The lowest BCUT2D eigenvalue weighted by Crippen LogP contribution is -2.08. The minimum atomic E-state index is 0.848. The molecule has 19 heavy (non-hydrogen) atoms. The summed E-state index contributed by atoms with van der Waals surface area (Å²) in [7, 11) is 0. The number of ether oxygens (including phenoxy) is 1. The Hall–Kier alpha value is -0.960. The molecule has 3 heteroatoms. The van der Waals surface area contributed by atoms with Gasteiger partial charge in [-0.15, -0.1) is 0 Å². The van der Waals surface area contributed by atoms with Crippen molar-refractivity contribution in [3.63, 3.8) is 0 Å². The molecule has 0 aliphatic heterocycles. The molecular formula is C16H26N2O. The Balaban J connectivity index is 1.42. The maximum absolute atomic E-state index is 5.70. The largest absolute Gasteiger partial charge is 0.381 e. The van der Waals surface area contributed by atoms with Gasteiger partial charge in [0.15, 0.2) is 0 Å². The summed E-state index contributed by atoms with van der Waals surface area (Å²) in [6.45, 7) is 1.78. The highest BCUT2D eigenvalue weighted by atomic mass is 16.5. The van der Waals surface area contributed by atoms with Gasteiger partial charge in [0.2, 0.25) is 0 Å². The minimum Gasteiger partial charge on any atom is -0.381 e. The lowest BCUT2D eigenvalue weighted by Gasteiger charge is -2.21. The fourth-order valence-electron chi connectivity index (χ4n) is 2.87. The van der Waals surface area contributed by atoms with Crippen LogP contribution < -0.4 is 0 Å². The molecule has 106 valence electrons. The van der Waals surface area contributed by atoms with Gasteiger partial charge in [0, 0.05) is 31.8 Å². The van der Waals surface area contributed by atoms with E-state index in [9.17, 15) is 0 Å². The molecule has 1 aromatic heterocycles. The fraction of sp³-hybridized carbons (Fsp3) is 0.750. The lowest BCUT2D eigenvalue weighted by molar-refractivity contribution is 0.122. The molecule has 0 unspecified atom stereocenters. The van der Waals surface area contributed by atoms with Crippen LogP contribution in [0.3, 0.4) is 0 Å². The van der Waals surface area contributed by atoms with Crippen molar-refractivity contribution in [1.29, 1.82) is 0 Å². The molecule has 0 radical (unpaired) electrons. The zero-order valence-corrected chi connectivity index (χ0v) is 11.9. The van der Waals surface area contributed by atoms with Gasteiger partial charge >= 0.3 is 0 Å². The van der Waals surface area contributed by atoms with Crippen molar-refractivity contribution in [3.8, 4) is 0 Å². The first-order chi connectivity index (χ1) is 9.45. The summed E-state index contributed by atoms with van der Waals surface area (Å²) in [5.74, 6) is 0.983. The van der Waals surface area contributed by atoms with E-state index < -0.39 is 0 Å². The third-order valence-corrected chi connectivity index (χ3v) is 3.96. The first-order valence-corrected chi connectivity index (χ1v) is 7.78. The SMILES string of the molecule is c1cnc(CCCOCCCC2CCCCC2)cn1. The van der Waals surface area contributed by atoms with Crippen LogP contribution in [0.1, 0.15) is 57.1 Å². The van der Waals surface area contributed by atoms with Gasteiger partial charge in [-0.3, -0.25) is 9.97 Å². The first kappa shape index (κ1) is 14.4. The normalized spacial score (nSPS) is 16.6. The van der Waals surface area contributed by atoms with Crippen molar-refractivity contribution in [2.75, 3.05) is 13.2 Å². The van der Waals surface area contributed by atoms with E-state index in [1.165, 1.54) is 44.9 Å². The van der Waals surface area contributed by atoms with Crippen LogP contribution in [0, 0.1) is 5.92 Å². The monoisotopic (exact) mass is 262 g/mol. The van der Waals surface area contributed by atoms with Crippen LogP contribution in [0.15, 0.2) is 18.6 Å². The van der Waals surface area contributed by atoms with Crippen molar-refractivity contribution in [1.82, 2.24) is 9.97 Å². The molecule has 1 aliphatic carbocycles. The Morgan fingerprint density at radius 3 is 2.68 bits per heavy atom. The molecule has 1 fully saturated rings. The Labute approximate surface area is 116 Å². The van der Waals surface area contributed by atoms with Crippen molar-refractivity contribution in [2.45, 2.75) is 57.8 Å². The highest BCUT2D eigenvalue weighted by Crippen LogP contribution is 2.27. The summed E-state index contributed by atoms with van der Waals surface area (Å²) < 4.78 is 5.70. The zero-order valence-electron chi connectivity index (χ0n) is 11.9. The molecule has 1 heterocycles. The molecule has 0 N–H and O–H groups in total. The molecule has 0 spiro atoms. The van der Waals surface area contributed by atoms with Gasteiger partial charge in [-0.1, -0.05) is 32.1 Å². The highest BCUT2D eigenvalue weighted by molar-refractivity contribution is 4.94. The standard InChI is InChI=1S/C16H26N2O/c1-2-6-15(7-3-1)8-4-12-19-13-5-9-16-14-17-10-11-18-16/h10-11,14-15H,1-9,12-13H2. The van der Waals surface area contributed by atoms with Gasteiger partial charge < -0.3 is 4.74 Å². The van der Waals surface area contributed by atoms with E-state index in [-0.39, 0.29) is 0 Å². The van der Waals surface area contributed by atoms with E-state index in [1.54, 1.807) is 12.4 Å². The molecular weight excluding hydrogens is 236 g/mol. The predicted molar refractivity (Wildman–Crippen MR) is 77.0 cm³/mol. The smallest absolute Gasteiger partial charge is 0.0587 e. The Morgan fingerprint density at radius 1 is 1.05 bits per heavy atom. The quantitative estimate of drug-likeness (QED) is 0.669. The molecule has 2 rings (SSSR count). The third-order valence-electron chi connectivity index (χ3n) is 3.96. The molecule has 3 nitrogen and oxygen atoms in total. The average Bonchev–Trinajstić information content (AvgIpc) is 2.48. The second-order valence-corrected chi connectivity index (χ2v) is 5.56. The predicted octanol–water partition coefficient (Wildman–Crippen LogP) is 3.79. The average molecular weight is 262 g/mol. The molecule has 1 saturated carbocycles. The van der Waals surface area contributed by atoms with E-state index in [2.05, 4.69) is 9.97 Å². The summed E-state index contributed by atoms with van der Waals surface area (Å²) in [4.78, 5) is 8.32. The fourth-order valence-corrected chi connectivity index (χ4v) is 2.87. The molecule has 0 bridgehead atoms. The van der Waals surface area contributed by atoms with Crippen LogP contribution in [-0.2, 0) is 11.2 Å². The van der Waals surface area contributed by atoms with Crippen LogP contribution in [0.4, 0.5) is 0 Å². The second kappa shape index (κ2) is 9.03. The number of aryl methyl sites for hydroxylation is 1. The van der Waals surface area contributed by atoms with Crippen molar-refractivity contribution < 1.29 is 4.74 Å². The number of rotatable bonds is 8. The maximum Gasteiger partial charge on any atom is 0.0587 e. The van der Waals surface area contributed by atoms with Crippen molar-refractivity contribution in [3.05, 3.63) is 24.3 Å². The number of nitrogens with zero attached hydrogens (tertiary/aromatic N) is 2. The van der Waals surface area contributed by atoms with Gasteiger partial charge in [0.1, 0.15) is 0 Å². The zero-order chi connectivity index (χ0) is 13.2. The molecule has 0 atom stereocenters. The number of hydrogen-bond acceptors (Lipinski definition) is 3. The third kappa shape index (κ3) is 6.15. The molecule has 1 aromatic rings. The van der Waals surface area contributed by atoms with E-state index in [4.69, 9.17) is 4.74 Å². The van der Waals surface area contributed by atoms with Gasteiger partial charge in [0.25, 0.3) is 0 Å². The van der Waals surface area contributed by atoms with Crippen molar-refractivity contribution in [2.24, 2.45) is 5.92 Å². The Bertz CT molecular complexity index is 323. The maximum atomic E-state index is 5.70. The minimum absolute atomic E-state index is 0.848. The van der Waals surface area contributed by atoms with Crippen LogP contribution in [-0.4, -0.2) is 23.2 Å². The van der Waals surface area contributed by atoms with Gasteiger partial charge in [-0.25, -0.2) is 0 Å². The van der Waals surface area contributed by atoms with Gasteiger partial charge in [-0.05, 0) is 31.6 Å². The molecule has 0 saturated heterocycles. The first-order valence-electron chi connectivity index (χ1n) is 7.78. The highest BCUT2D eigenvalue weighted by Gasteiger charge is 2.12. The van der Waals surface area contributed by atoms with Gasteiger partial charge in [0.05, 0.1) is 5.69 Å². The Morgan fingerprint density at radius 2 is 1.89 bits per heavy atom. The summed E-state index contributed by atoms with van der Waals surface area (Å²) in [6.07, 6.45) is 17.2. The Kier molecular flexibility index (Phi) is 6.86. The topological polar surface area (TPSA) is 35.0 Å². The summed E-state index contributed by atoms with van der Waals surface area (Å²) in [5.41, 5.74) is 1.06. The lowest BCUT2D eigenvalue weighted by atomic mass is 9.86. The van der Waals surface area contributed by atoms with E-state index in [0.29, 0.717) is 0 Å². The van der Waals surface area contributed by atoms with E-state index in [1.807, 2.05) is 6.20 Å². The molecule has 1 aliphatic rings. The van der Waals surface area contributed by atoms with Crippen LogP contribution in [0.5, 0.6) is 0 Å². The summed E-state index contributed by atoms with van der Waals surface area (Å²) in [6, 6.07) is 0. The number of aromatic nitrogens is 2. The van der Waals surface area contributed by atoms with Crippen LogP contribution >= 0.6 is 0 Å². The van der Waals surface area contributed by atoms with Crippen molar-refractivity contribution >= 4 is 0 Å². The van der Waals surface area contributed by atoms with E-state index >= 15 is 0 Å². The molecule has 0 aromatic carbocycles. The van der Waals surface area contributed by atoms with Crippen LogP contribution in [0.2, 0.25) is 0 Å².